The maximum atomic E-state index is 12.4. The maximum absolute atomic E-state index is 12.4. The van der Waals surface area contributed by atoms with E-state index in [0.717, 1.165) is 3.57 Å². The van der Waals surface area contributed by atoms with Gasteiger partial charge in [-0.15, -0.1) is 0 Å². The number of carbonyl (C=O) groups excluding carboxylic acids is 2. The molecular weight excluding hydrogens is 533 g/mol. The van der Waals surface area contributed by atoms with E-state index in [1.165, 1.54) is 6.08 Å². The van der Waals surface area contributed by atoms with Crippen molar-refractivity contribution in [1.82, 2.24) is 0 Å². The summed E-state index contributed by atoms with van der Waals surface area (Å²) in [5.41, 5.74) is 1.90. The third-order valence-corrected chi connectivity index (χ3v) is 5.36. The Labute approximate surface area is 205 Å². The lowest BCUT2D eigenvalue weighted by atomic mass is 10.1. The number of para-hydroxylation sites is 1. The molecule has 3 aromatic carbocycles. The molecule has 2 amide bonds. The van der Waals surface area contributed by atoms with Crippen LogP contribution in [-0.2, 0) is 9.59 Å². The van der Waals surface area contributed by atoms with Crippen LogP contribution in [0.5, 0.6) is 11.5 Å². The SMILES string of the molecule is COc1ccc(NC(=O)COc2ccc(/C=C(/C#N)C(=O)Nc3ccccc3I)cc2)cc1. The highest BCUT2D eigenvalue weighted by Crippen LogP contribution is 2.19. The lowest BCUT2D eigenvalue weighted by molar-refractivity contribution is -0.118. The molecule has 33 heavy (non-hydrogen) atoms. The van der Waals surface area contributed by atoms with Gasteiger partial charge >= 0.3 is 0 Å². The Morgan fingerprint density at radius 2 is 1.64 bits per heavy atom. The van der Waals surface area contributed by atoms with Gasteiger partial charge in [0.25, 0.3) is 11.8 Å². The van der Waals surface area contributed by atoms with Crippen LogP contribution in [-0.4, -0.2) is 25.5 Å². The summed E-state index contributed by atoms with van der Waals surface area (Å²) in [5.74, 6) is 0.393. The monoisotopic (exact) mass is 553 g/mol. The molecule has 0 aromatic heterocycles. The molecule has 3 rings (SSSR count). The first-order valence-electron chi connectivity index (χ1n) is 9.83. The van der Waals surface area contributed by atoms with Crippen LogP contribution in [0.4, 0.5) is 11.4 Å². The van der Waals surface area contributed by atoms with Gasteiger partial charge in [-0.3, -0.25) is 9.59 Å². The first-order valence-corrected chi connectivity index (χ1v) is 10.9. The fourth-order valence-electron chi connectivity index (χ4n) is 2.75. The average molecular weight is 553 g/mol. The van der Waals surface area contributed by atoms with E-state index in [1.54, 1.807) is 61.7 Å². The van der Waals surface area contributed by atoms with Crippen molar-refractivity contribution in [2.24, 2.45) is 0 Å². The second-order valence-corrected chi connectivity index (χ2v) is 7.90. The fraction of sp³-hybridized carbons (Fsp3) is 0.0800. The standard InChI is InChI=1S/C25H20IN3O4/c1-32-20-12-8-19(9-13-20)28-24(30)16-33-21-10-6-17(7-11-21)14-18(15-27)25(31)29-23-5-3-2-4-22(23)26/h2-14H,16H2,1H3,(H,28,30)(H,29,31)/b18-14-. The number of carbonyl (C=O) groups is 2. The summed E-state index contributed by atoms with van der Waals surface area (Å²) in [6.07, 6.45) is 1.49. The first-order chi connectivity index (χ1) is 16.0. The van der Waals surface area contributed by atoms with Gasteiger partial charge in [-0.05, 0) is 82.8 Å². The van der Waals surface area contributed by atoms with Crippen LogP contribution in [0.15, 0.2) is 78.4 Å². The number of ether oxygens (including phenoxy) is 2. The van der Waals surface area contributed by atoms with Crippen molar-refractivity contribution >= 4 is 51.9 Å². The van der Waals surface area contributed by atoms with Gasteiger partial charge in [-0.25, -0.2) is 0 Å². The molecule has 0 saturated carbocycles. The summed E-state index contributed by atoms with van der Waals surface area (Å²) in [4.78, 5) is 24.5. The quantitative estimate of drug-likeness (QED) is 0.236. The molecule has 3 aromatic rings. The van der Waals surface area contributed by atoms with Gasteiger partial charge in [0, 0.05) is 9.26 Å². The number of anilines is 2. The molecule has 0 spiro atoms. The van der Waals surface area contributed by atoms with Crippen LogP contribution in [0.25, 0.3) is 6.08 Å². The van der Waals surface area contributed by atoms with Crippen molar-refractivity contribution in [3.05, 3.63) is 87.5 Å². The smallest absolute Gasteiger partial charge is 0.266 e. The topological polar surface area (TPSA) is 100 Å². The number of nitrogens with zero attached hydrogens (tertiary/aromatic N) is 1. The van der Waals surface area contributed by atoms with Gasteiger partial charge in [0.15, 0.2) is 6.61 Å². The summed E-state index contributed by atoms with van der Waals surface area (Å²) in [7, 11) is 1.57. The van der Waals surface area contributed by atoms with E-state index < -0.39 is 5.91 Å². The summed E-state index contributed by atoms with van der Waals surface area (Å²) in [5, 5.41) is 14.9. The lowest BCUT2D eigenvalue weighted by Crippen LogP contribution is -2.20. The van der Waals surface area contributed by atoms with Crippen LogP contribution in [0, 0.1) is 14.9 Å². The van der Waals surface area contributed by atoms with E-state index in [9.17, 15) is 14.9 Å². The molecule has 7 nitrogen and oxygen atoms in total. The van der Waals surface area contributed by atoms with Crippen LogP contribution < -0.4 is 20.1 Å². The molecule has 0 aliphatic heterocycles. The van der Waals surface area contributed by atoms with Crippen molar-refractivity contribution in [3.63, 3.8) is 0 Å². The highest BCUT2D eigenvalue weighted by Gasteiger charge is 2.11. The van der Waals surface area contributed by atoms with E-state index in [0.29, 0.717) is 28.4 Å². The minimum Gasteiger partial charge on any atom is -0.497 e. The van der Waals surface area contributed by atoms with Gasteiger partial charge in [0.1, 0.15) is 23.1 Å². The average Bonchev–Trinajstić information content (AvgIpc) is 2.83. The van der Waals surface area contributed by atoms with E-state index in [-0.39, 0.29) is 18.1 Å². The number of methoxy groups -OCH3 is 1. The number of nitrogens with one attached hydrogen (secondary N) is 2. The number of rotatable bonds is 8. The van der Waals surface area contributed by atoms with E-state index in [1.807, 2.05) is 24.3 Å². The Morgan fingerprint density at radius 3 is 2.27 bits per heavy atom. The zero-order valence-electron chi connectivity index (χ0n) is 17.7. The Bertz CT molecular complexity index is 1200. The van der Waals surface area contributed by atoms with Crippen molar-refractivity contribution in [3.8, 4) is 17.6 Å². The molecule has 0 unspecified atom stereocenters. The third-order valence-electron chi connectivity index (χ3n) is 4.42. The van der Waals surface area contributed by atoms with Gasteiger partial charge in [-0.1, -0.05) is 24.3 Å². The summed E-state index contributed by atoms with van der Waals surface area (Å²) >= 11 is 2.11. The van der Waals surface area contributed by atoms with E-state index in [4.69, 9.17) is 9.47 Å². The second kappa shape index (κ2) is 11.7. The van der Waals surface area contributed by atoms with Gasteiger partial charge < -0.3 is 20.1 Å². The van der Waals surface area contributed by atoms with Gasteiger partial charge in [0.05, 0.1) is 12.8 Å². The minimum absolute atomic E-state index is 0.0257. The molecule has 0 radical (unpaired) electrons. The molecule has 0 saturated heterocycles. The maximum Gasteiger partial charge on any atom is 0.266 e. The molecule has 0 aliphatic carbocycles. The van der Waals surface area contributed by atoms with Crippen LogP contribution in [0.2, 0.25) is 0 Å². The van der Waals surface area contributed by atoms with E-state index >= 15 is 0 Å². The highest BCUT2D eigenvalue weighted by atomic mass is 127. The van der Waals surface area contributed by atoms with Crippen LogP contribution >= 0.6 is 22.6 Å². The largest absolute Gasteiger partial charge is 0.497 e. The number of nitriles is 1. The molecule has 0 heterocycles. The first kappa shape index (κ1) is 23.8. The second-order valence-electron chi connectivity index (χ2n) is 6.74. The number of halogens is 1. The van der Waals surface area contributed by atoms with Gasteiger partial charge in [0.2, 0.25) is 0 Å². The van der Waals surface area contributed by atoms with Crippen molar-refractivity contribution in [2.75, 3.05) is 24.4 Å². The molecule has 0 aliphatic rings. The summed E-state index contributed by atoms with van der Waals surface area (Å²) in [6, 6.07) is 22.9. The molecule has 0 atom stereocenters. The molecular formula is C25H20IN3O4. The van der Waals surface area contributed by atoms with Crippen LogP contribution in [0.3, 0.4) is 0 Å². The Morgan fingerprint density at radius 1 is 0.970 bits per heavy atom. The summed E-state index contributed by atoms with van der Waals surface area (Å²) < 4.78 is 11.5. The van der Waals surface area contributed by atoms with Crippen molar-refractivity contribution in [2.45, 2.75) is 0 Å². The molecule has 8 heteroatoms. The third kappa shape index (κ3) is 7.08. The highest BCUT2D eigenvalue weighted by molar-refractivity contribution is 14.1. The zero-order chi connectivity index (χ0) is 23.6. The van der Waals surface area contributed by atoms with Crippen molar-refractivity contribution < 1.29 is 19.1 Å². The predicted molar refractivity (Wildman–Crippen MR) is 135 cm³/mol. The fourth-order valence-corrected chi connectivity index (χ4v) is 3.27. The number of hydrogen-bond acceptors (Lipinski definition) is 5. The van der Waals surface area contributed by atoms with Crippen LogP contribution in [0.1, 0.15) is 5.56 Å². The lowest BCUT2D eigenvalue weighted by Gasteiger charge is -2.09. The van der Waals surface area contributed by atoms with E-state index in [2.05, 4.69) is 33.2 Å². The molecule has 2 N–H and O–H groups in total. The Balaban J connectivity index is 1.56. The molecule has 0 bridgehead atoms. The normalized spacial score (nSPS) is 10.6. The number of benzene rings is 3. The summed E-state index contributed by atoms with van der Waals surface area (Å²) in [6.45, 7) is -0.164. The molecule has 0 fully saturated rings. The number of amides is 2. The number of hydrogen-bond donors (Lipinski definition) is 2. The van der Waals surface area contributed by atoms with Crippen molar-refractivity contribution in [1.29, 1.82) is 5.26 Å². The molecule has 166 valence electrons. The Kier molecular flexibility index (Phi) is 8.43. The predicted octanol–water partition coefficient (Wildman–Crippen LogP) is 4.86. The Hall–Kier alpha value is -3.84. The van der Waals surface area contributed by atoms with Gasteiger partial charge in [-0.2, -0.15) is 5.26 Å². The zero-order valence-corrected chi connectivity index (χ0v) is 19.8. The minimum atomic E-state index is -0.489.